The Morgan fingerprint density at radius 3 is 2.75 bits per heavy atom. The van der Waals surface area contributed by atoms with Crippen molar-refractivity contribution in [3.05, 3.63) is 11.4 Å². The number of hydrogen-bond donors (Lipinski definition) is 2. The summed E-state index contributed by atoms with van der Waals surface area (Å²) in [5, 5.41) is 6.12. The van der Waals surface area contributed by atoms with Crippen molar-refractivity contribution in [2.75, 3.05) is 36.4 Å². The van der Waals surface area contributed by atoms with Crippen LogP contribution in [0.4, 0.5) is 11.6 Å². The highest BCUT2D eigenvalue weighted by Gasteiger charge is 2.22. The molecule has 6 heteroatoms. The van der Waals surface area contributed by atoms with Crippen molar-refractivity contribution in [3.63, 3.8) is 0 Å². The van der Waals surface area contributed by atoms with E-state index >= 15 is 0 Å². The summed E-state index contributed by atoms with van der Waals surface area (Å²) in [5.74, 6) is 2.85. The molecule has 2 N–H and O–H groups in total. The first-order chi connectivity index (χ1) is 9.52. The maximum absolute atomic E-state index is 11.6. The average molecular weight is 277 g/mol. The molecule has 0 bridgehead atoms. The molecule has 2 rings (SSSR count). The predicted molar refractivity (Wildman–Crippen MR) is 80.2 cm³/mol. The van der Waals surface area contributed by atoms with Crippen LogP contribution in [0.15, 0.2) is 0 Å². The Balaban J connectivity index is 2.41. The van der Waals surface area contributed by atoms with E-state index in [0.717, 1.165) is 36.1 Å². The first kappa shape index (κ1) is 14.6. The van der Waals surface area contributed by atoms with Crippen LogP contribution < -0.4 is 15.5 Å². The normalized spacial score (nSPS) is 15.4. The van der Waals surface area contributed by atoms with Gasteiger partial charge in [0.25, 0.3) is 0 Å². The summed E-state index contributed by atoms with van der Waals surface area (Å²) in [5.41, 5.74) is 1.01. The van der Waals surface area contributed by atoms with Crippen LogP contribution in [0.25, 0.3) is 0 Å². The van der Waals surface area contributed by atoms with E-state index in [1.165, 1.54) is 0 Å². The van der Waals surface area contributed by atoms with Crippen molar-refractivity contribution in [2.45, 2.75) is 33.6 Å². The molecule has 0 saturated carbocycles. The standard InChI is InChI=1S/C14H23N5O/c1-5-15-13-10(4)14(18-12(17-13)9(2)3)19-7-6-16-11(20)8-19/h9H,5-8H2,1-4H3,(H,16,20)(H,15,17,18). The molecule has 110 valence electrons. The number of anilines is 2. The van der Waals surface area contributed by atoms with Gasteiger partial charge in [-0.3, -0.25) is 4.79 Å². The van der Waals surface area contributed by atoms with Gasteiger partial charge in [-0.25, -0.2) is 9.97 Å². The molecule has 1 fully saturated rings. The molecule has 6 nitrogen and oxygen atoms in total. The zero-order chi connectivity index (χ0) is 14.7. The fraction of sp³-hybridized carbons (Fsp3) is 0.643. The molecule has 1 amide bonds. The number of nitrogens with one attached hydrogen (secondary N) is 2. The van der Waals surface area contributed by atoms with Gasteiger partial charge in [0.15, 0.2) is 0 Å². The number of carbonyl (C=O) groups is 1. The quantitative estimate of drug-likeness (QED) is 0.867. The Hall–Kier alpha value is -1.85. The van der Waals surface area contributed by atoms with Gasteiger partial charge in [-0.05, 0) is 13.8 Å². The van der Waals surface area contributed by atoms with Gasteiger partial charge < -0.3 is 15.5 Å². The third-order valence-corrected chi connectivity index (χ3v) is 3.34. The second-order valence-electron chi connectivity index (χ2n) is 5.34. The van der Waals surface area contributed by atoms with Crippen LogP contribution in [0.1, 0.15) is 38.1 Å². The Morgan fingerprint density at radius 2 is 2.15 bits per heavy atom. The zero-order valence-electron chi connectivity index (χ0n) is 12.7. The monoisotopic (exact) mass is 277 g/mol. The molecule has 1 aliphatic rings. The Bertz CT molecular complexity index is 501. The highest BCUT2D eigenvalue weighted by atomic mass is 16.2. The highest BCUT2D eigenvalue weighted by Crippen LogP contribution is 2.26. The minimum Gasteiger partial charge on any atom is -0.370 e. The minimum atomic E-state index is 0.0466. The van der Waals surface area contributed by atoms with Crippen LogP contribution in [0.3, 0.4) is 0 Å². The molecule has 20 heavy (non-hydrogen) atoms. The maximum Gasteiger partial charge on any atom is 0.239 e. The summed E-state index contributed by atoms with van der Waals surface area (Å²) in [6.07, 6.45) is 0. The number of amides is 1. The highest BCUT2D eigenvalue weighted by molar-refractivity contribution is 5.82. The molecule has 1 saturated heterocycles. The third-order valence-electron chi connectivity index (χ3n) is 3.34. The van der Waals surface area contributed by atoms with Crippen LogP contribution in [-0.4, -0.2) is 42.1 Å². The van der Waals surface area contributed by atoms with E-state index in [1.807, 2.05) is 18.7 Å². The van der Waals surface area contributed by atoms with Crippen LogP contribution in [0.5, 0.6) is 0 Å². The van der Waals surface area contributed by atoms with Crippen LogP contribution in [-0.2, 0) is 4.79 Å². The average Bonchev–Trinajstić information content (AvgIpc) is 2.41. The van der Waals surface area contributed by atoms with Crippen molar-refractivity contribution in [1.29, 1.82) is 0 Å². The van der Waals surface area contributed by atoms with E-state index < -0.39 is 0 Å². The van der Waals surface area contributed by atoms with Gasteiger partial charge in [0.05, 0.1) is 6.54 Å². The van der Waals surface area contributed by atoms with Crippen molar-refractivity contribution >= 4 is 17.5 Å². The molecule has 2 heterocycles. The fourth-order valence-corrected chi connectivity index (χ4v) is 2.25. The Labute approximate surface area is 120 Å². The lowest BCUT2D eigenvalue weighted by atomic mass is 10.2. The first-order valence-electron chi connectivity index (χ1n) is 7.17. The number of rotatable bonds is 4. The van der Waals surface area contributed by atoms with E-state index in [9.17, 15) is 4.79 Å². The van der Waals surface area contributed by atoms with E-state index in [0.29, 0.717) is 13.1 Å². The minimum absolute atomic E-state index is 0.0466. The molecule has 1 aromatic rings. The number of aromatic nitrogens is 2. The van der Waals surface area contributed by atoms with Gasteiger partial charge in [0, 0.05) is 31.1 Å². The van der Waals surface area contributed by atoms with E-state index in [-0.39, 0.29) is 11.8 Å². The molecule has 0 aromatic carbocycles. The number of hydrogen-bond acceptors (Lipinski definition) is 5. The van der Waals surface area contributed by atoms with Crippen LogP contribution >= 0.6 is 0 Å². The number of nitrogens with zero attached hydrogens (tertiary/aromatic N) is 3. The summed E-state index contributed by atoms with van der Waals surface area (Å²) in [7, 11) is 0. The lowest BCUT2D eigenvalue weighted by molar-refractivity contribution is -0.120. The van der Waals surface area contributed by atoms with Crippen molar-refractivity contribution < 1.29 is 4.79 Å². The van der Waals surface area contributed by atoms with Gasteiger partial charge in [-0.1, -0.05) is 13.8 Å². The zero-order valence-corrected chi connectivity index (χ0v) is 12.7. The Kier molecular flexibility index (Phi) is 4.42. The second-order valence-corrected chi connectivity index (χ2v) is 5.34. The number of piperazine rings is 1. The van der Waals surface area contributed by atoms with E-state index in [1.54, 1.807) is 0 Å². The fourth-order valence-electron chi connectivity index (χ4n) is 2.25. The molecule has 0 aliphatic carbocycles. The largest absolute Gasteiger partial charge is 0.370 e. The van der Waals surface area contributed by atoms with Gasteiger partial charge in [0.1, 0.15) is 17.5 Å². The first-order valence-corrected chi connectivity index (χ1v) is 7.17. The van der Waals surface area contributed by atoms with Gasteiger partial charge >= 0.3 is 0 Å². The lowest BCUT2D eigenvalue weighted by Crippen LogP contribution is -2.48. The molecular formula is C14H23N5O. The maximum atomic E-state index is 11.6. The number of carbonyl (C=O) groups excluding carboxylic acids is 1. The molecule has 0 unspecified atom stereocenters. The summed E-state index contributed by atoms with van der Waals surface area (Å²) in [6, 6.07) is 0. The predicted octanol–water partition coefficient (Wildman–Crippen LogP) is 1.28. The molecule has 1 aromatic heterocycles. The smallest absolute Gasteiger partial charge is 0.239 e. The molecule has 1 aliphatic heterocycles. The SMILES string of the molecule is CCNc1nc(C(C)C)nc(N2CCNC(=O)C2)c1C. The topological polar surface area (TPSA) is 70.2 Å². The van der Waals surface area contributed by atoms with Crippen LogP contribution in [0.2, 0.25) is 0 Å². The Morgan fingerprint density at radius 1 is 1.40 bits per heavy atom. The molecular weight excluding hydrogens is 254 g/mol. The van der Waals surface area contributed by atoms with Gasteiger partial charge in [-0.15, -0.1) is 0 Å². The van der Waals surface area contributed by atoms with Crippen molar-refractivity contribution in [3.8, 4) is 0 Å². The van der Waals surface area contributed by atoms with Crippen molar-refractivity contribution in [1.82, 2.24) is 15.3 Å². The second kappa shape index (κ2) is 6.07. The van der Waals surface area contributed by atoms with Crippen LogP contribution in [0, 0.1) is 6.92 Å². The summed E-state index contributed by atoms with van der Waals surface area (Å²) in [4.78, 5) is 22.9. The molecule has 0 spiro atoms. The van der Waals surface area contributed by atoms with E-state index in [2.05, 4.69) is 34.4 Å². The lowest BCUT2D eigenvalue weighted by Gasteiger charge is -2.30. The molecule has 0 atom stereocenters. The molecule has 0 radical (unpaired) electrons. The summed E-state index contributed by atoms with van der Waals surface area (Å²) >= 11 is 0. The summed E-state index contributed by atoms with van der Waals surface area (Å²) in [6.45, 7) is 10.8. The van der Waals surface area contributed by atoms with Gasteiger partial charge in [-0.2, -0.15) is 0 Å². The van der Waals surface area contributed by atoms with Crippen molar-refractivity contribution in [2.24, 2.45) is 0 Å². The third kappa shape index (κ3) is 3.00. The van der Waals surface area contributed by atoms with E-state index in [4.69, 9.17) is 0 Å². The summed E-state index contributed by atoms with van der Waals surface area (Å²) < 4.78 is 0. The van der Waals surface area contributed by atoms with Gasteiger partial charge in [0.2, 0.25) is 5.91 Å².